The van der Waals surface area contributed by atoms with E-state index in [0.717, 1.165) is 32.1 Å². The summed E-state index contributed by atoms with van der Waals surface area (Å²) in [5, 5.41) is 5.65. The van der Waals surface area contributed by atoms with E-state index in [-0.39, 0.29) is 18.3 Å². The van der Waals surface area contributed by atoms with E-state index in [0.29, 0.717) is 12.5 Å². The molecule has 1 aromatic rings. The van der Waals surface area contributed by atoms with E-state index >= 15 is 0 Å². The molecule has 1 aliphatic rings. The third-order valence-corrected chi connectivity index (χ3v) is 3.19. The molecule has 1 amide bonds. The van der Waals surface area contributed by atoms with E-state index in [2.05, 4.69) is 20.6 Å². The second kappa shape index (κ2) is 7.02. The molecule has 20 heavy (non-hydrogen) atoms. The van der Waals surface area contributed by atoms with Gasteiger partial charge in [-0.05, 0) is 26.2 Å². The summed E-state index contributed by atoms with van der Waals surface area (Å²) in [4.78, 5) is 21.6. The number of nitrogens with one attached hydrogen (secondary N) is 2. The van der Waals surface area contributed by atoms with Gasteiger partial charge in [-0.3, -0.25) is 4.79 Å². The predicted molar refractivity (Wildman–Crippen MR) is 75.1 cm³/mol. The summed E-state index contributed by atoms with van der Waals surface area (Å²) < 4.78 is 13.6. The Hall–Kier alpha value is -1.92. The number of likely N-dealkylation sites (tertiary alicyclic amines) is 1. The number of piperidine rings is 1. The van der Waals surface area contributed by atoms with Crippen molar-refractivity contribution < 1.29 is 9.18 Å². The molecular formula is C13H20FN5O. The Morgan fingerprint density at radius 1 is 1.35 bits per heavy atom. The molecular weight excluding hydrogens is 261 g/mol. The van der Waals surface area contributed by atoms with Crippen LogP contribution in [0.5, 0.6) is 0 Å². The van der Waals surface area contributed by atoms with E-state index in [1.165, 1.54) is 6.42 Å². The van der Waals surface area contributed by atoms with Crippen molar-refractivity contribution in [2.45, 2.75) is 26.2 Å². The van der Waals surface area contributed by atoms with E-state index in [4.69, 9.17) is 0 Å². The molecule has 1 fully saturated rings. The first-order chi connectivity index (χ1) is 9.70. The number of hydrogen-bond donors (Lipinski definition) is 2. The molecule has 1 saturated heterocycles. The molecule has 0 unspecified atom stereocenters. The number of nitrogens with zero attached hydrogens (tertiary/aromatic N) is 3. The van der Waals surface area contributed by atoms with E-state index in [1.807, 2.05) is 6.92 Å². The largest absolute Gasteiger partial charge is 0.358 e. The fraction of sp³-hybridized carbons (Fsp3) is 0.615. The molecule has 0 bridgehead atoms. The van der Waals surface area contributed by atoms with E-state index in [9.17, 15) is 9.18 Å². The van der Waals surface area contributed by atoms with Crippen LogP contribution < -0.4 is 10.6 Å². The van der Waals surface area contributed by atoms with Crippen molar-refractivity contribution in [2.75, 3.05) is 36.8 Å². The molecule has 0 spiro atoms. The maximum atomic E-state index is 13.6. The highest BCUT2D eigenvalue weighted by Gasteiger charge is 2.17. The molecule has 6 nitrogen and oxygen atoms in total. The lowest BCUT2D eigenvalue weighted by molar-refractivity contribution is -0.130. The third-order valence-electron chi connectivity index (χ3n) is 3.19. The fourth-order valence-electron chi connectivity index (χ4n) is 2.15. The van der Waals surface area contributed by atoms with E-state index in [1.54, 1.807) is 4.90 Å². The smallest absolute Gasteiger partial charge is 0.241 e. The second-order valence-corrected chi connectivity index (χ2v) is 4.72. The molecule has 0 atom stereocenters. The van der Waals surface area contributed by atoms with Crippen LogP contribution in [0.4, 0.5) is 16.2 Å². The first-order valence-electron chi connectivity index (χ1n) is 6.98. The highest BCUT2D eigenvalue weighted by molar-refractivity contribution is 5.80. The Labute approximate surface area is 117 Å². The van der Waals surface area contributed by atoms with Crippen molar-refractivity contribution in [1.82, 2.24) is 14.9 Å². The maximum Gasteiger partial charge on any atom is 0.241 e. The van der Waals surface area contributed by atoms with Gasteiger partial charge in [0.2, 0.25) is 11.9 Å². The lowest BCUT2D eigenvalue weighted by atomic mass is 10.1. The Balaban J connectivity index is 1.92. The summed E-state index contributed by atoms with van der Waals surface area (Å²) in [6, 6.07) is 0. The van der Waals surface area contributed by atoms with Crippen molar-refractivity contribution in [2.24, 2.45) is 0 Å². The zero-order valence-corrected chi connectivity index (χ0v) is 11.7. The summed E-state index contributed by atoms with van der Waals surface area (Å²) in [5.74, 6) is -0.172. The molecule has 2 heterocycles. The fourth-order valence-corrected chi connectivity index (χ4v) is 2.15. The molecule has 0 saturated carbocycles. The number of halogens is 1. The highest BCUT2D eigenvalue weighted by Crippen LogP contribution is 2.12. The molecule has 110 valence electrons. The van der Waals surface area contributed by atoms with Gasteiger partial charge >= 0.3 is 0 Å². The minimum atomic E-state index is -0.557. The zero-order valence-electron chi connectivity index (χ0n) is 11.7. The first-order valence-corrected chi connectivity index (χ1v) is 6.98. The monoisotopic (exact) mass is 281 g/mol. The van der Waals surface area contributed by atoms with Crippen LogP contribution in [-0.2, 0) is 4.79 Å². The van der Waals surface area contributed by atoms with Crippen LogP contribution in [0, 0.1) is 5.82 Å². The van der Waals surface area contributed by atoms with Crippen LogP contribution in [0.15, 0.2) is 6.20 Å². The summed E-state index contributed by atoms with van der Waals surface area (Å²) >= 11 is 0. The van der Waals surface area contributed by atoms with Gasteiger partial charge in [0.25, 0.3) is 0 Å². The lowest BCUT2D eigenvalue weighted by Gasteiger charge is -2.26. The molecule has 2 N–H and O–H groups in total. The second-order valence-electron chi connectivity index (χ2n) is 4.72. The molecule has 1 aromatic heterocycles. The van der Waals surface area contributed by atoms with Crippen molar-refractivity contribution in [3.05, 3.63) is 12.0 Å². The van der Waals surface area contributed by atoms with Crippen molar-refractivity contribution in [3.8, 4) is 0 Å². The van der Waals surface area contributed by atoms with Crippen LogP contribution in [0.25, 0.3) is 0 Å². The molecule has 7 heteroatoms. The number of carbonyl (C=O) groups excluding carboxylic acids is 1. The summed E-state index contributed by atoms with van der Waals surface area (Å²) in [6.45, 7) is 4.18. The Kier molecular flexibility index (Phi) is 5.09. The molecule has 0 aromatic carbocycles. The van der Waals surface area contributed by atoms with Crippen LogP contribution in [0.3, 0.4) is 0 Å². The SMILES string of the molecule is CCNc1ncc(F)c(NCC(=O)N2CCCCC2)n1. The van der Waals surface area contributed by atoms with Gasteiger partial charge in [0.05, 0.1) is 12.7 Å². The number of hydrogen-bond acceptors (Lipinski definition) is 5. The van der Waals surface area contributed by atoms with Gasteiger partial charge in [-0.1, -0.05) is 0 Å². The van der Waals surface area contributed by atoms with Crippen LogP contribution in [0.2, 0.25) is 0 Å². The van der Waals surface area contributed by atoms with Crippen LogP contribution in [0.1, 0.15) is 26.2 Å². The summed E-state index contributed by atoms with van der Waals surface area (Å²) in [7, 11) is 0. The minimum Gasteiger partial charge on any atom is -0.358 e. The predicted octanol–water partition coefficient (Wildman–Crippen LogP) is 1.47. The third kappa shape index (κ3) is 3.79. The van der Waals surface area contributed by atoms with Gasteiger partial charge in [0.1, 0.15) is 0 Å². The maximum absolute atomic E-state index is 13.6. The van der Waals surface area contributed by atoms with Gasteiger partial charge in [-0.15, -0.1) is 0 Å². The minimum absolute atomic E-state index is 0.0206. The van der Waals surface area contributed by atoms with Gasteiger partial charge < -0.3 is 15.5 Å². The molecule has 0 aliphatic carbocycles. The quantitative estimate of drug-likeness (QED) is 0.855. The zero-order chi connectivity index (χ0) is 14.4. The van der Waals surface area contributed by atoms with Gasteiger partial charge in [-0.2, -0.15) is 4.98 Å². The van der Waals surface area contributed by atoms with E-state index < -0.39 is 5.82 Å². The summed E-state index contributed by atoms with van der Waals surface area (Å²) in [6.07, 6.45) is 4.35. The molecule has 2 rings (SSSR count). The van der Waals surface area contributed by atoms with Crippen molar-refractivity contribution in [1.29, 1.82) is 0 Å². The first kappa shape index (κ1) is 14.5. The van der Waals surface area contributed by atoms with Crippen LogP contribution >= 0.6 is 0 Å². The average Bonchev–Trinajstić information content (AvgIpc) is 2.48. The number of aromatic nitrogens is 2. The Bertz CT molecular complexity index is 462. The summed E-state index contributed by atoms with van der Waals surface area (Å²) in [5.41, 5.74) is 0. The number of carbonyl (C=O) groups is 1. The van der Waals surface area contributed by atoms with Crippen LogP contribution in [-0.4, -0.2) is 47.0 Å². The highest BCUT2D eigenvalue weighted by atomic mass is 19.1. The van der Waals surface area contributed by atoms with Crippen molar-refractivity contribution in [3.63, 3.8) is 0 Å². The number of anilines is 2. The lowest BCUT2D eigenvalue weighted by Crippen LogP contribution is -2.39. The molecule has 0 radical (unpaired) electrons. The number of rotatable bonds is 5. The van der Waals surface area contributed by atoms with Gasteiger partial charge in [0.15, 0.2) is 11.6 Å². The number of amides is 1. The molecule has 1 aliphatic heterocycles. The Morgan fingerprint density at radius 2 is 2.10 bits per heavy atom. The van der Waals surface area contributed by atoms with Gasteiger partial charge in [0, 0.05) is 19.6 Å². The normalized spacial score (nSPS) is 15.0. The standard InChI is InChI=1S/C13H20FN5O/c1-2-15-13-17-8-10(14)12(18-13)16-9-11(20)19-6-4-3-5-7-19/h8H,2-7,9H2,1H3,(H2,15,16,17,18). The Morgan fingerprint density at radius 3 is 2.80 bits per heavy atom. The topological polar surface area (TPSA) is 70.2 Å². The van der Waals surface area contributed by atoms with Crippen molar-refractivity contribution >= 4 is 17.7 Å². The average molecular weight is 281 g/mol. The van der Waals surface area contributed by atoms with Gasteiger partial charge in [-0.25, -0.2) is 9.37 Å².